The number of amides is 1. The zero-order valence-electron chi connectivity index (χ0n) is 9.15. The molecule has 2 rings (SSSR count). The highest BCUT2D eigenvalue weighted by molar-refractivity contribution is 6.07. The van der Waals surface area contributed by atoms with Crippen molar-refractivity contribution in [2.24, 2.45) is 0 Å². The Hall–Kier alpha value is -1.58. The quantitative estimate of drug-likeness (QED) is 0.578. The van der Waals surface area contributed by atoms with Crippen LogP contribution in [0.3, 0.4) is 0 Å². The molecule has 0 atom stereocenters. The fourth-order valence-corrected chi connectivity index (χ4v) is 1.92. The summed E-state index contributed by atoms with van der Waals surface area (Å²) >= 11 is 0. The lowest BCUT2D eigenvalue weighted by molar-refractivity contribution is -0.131. The van der Waals surface area contributed by atoms with E-state index in [4.69, 9.17) is 4.42 Å². The Morgan fingerprint density at radius 2 is 2.00 bits per heavy atom. The Balaban J connectivity index is 1.89. The standard InChI is InChI=1S/C12H15NO3/c14-11(10-4-7-16-9-10)8-12(15)13-5-2-1-3-6-13/h4,7,9H,1-3,5-6,8H2. The van der Waals surface area contributed by atoms with Crippen molar-refractivity contribution in [3.63, 3.8) is 0 Å². The third-order valence-corrected chi connectivity index (χ3v) is 2.86. The highest BCUT2D eigenvalue weighted by Crippen LogP contribution is 2.12. The van der Waals surface area contributed by atoms with Crippen molar-refractivity contribution in [1.82, 2.24) is 4.90 Å². The van der Waals surface area contributed by atoms with Crippen LogP contribution in [-0.4, -0.2) is 29.7 Å². The lowest BCUT2D eigenvalue weighted by atomic mass is 10.1. The second-order valence-electron chi connectivity index (χ2n) is 4.05. The number of nitrogens with zero attached hydrogens (tertiary/aromatic N) is 1. The van der Waals surface area contributed by atoms with E-state index in [1.807, 2.05) is 0 Å². The van der Waals surface area contributed by atoms with Gasteiger partial charge in [0.15, 0.2) is 5.78 Å². The fraction of sp³-hybridized carbons (Fsp3) is 0.500. The Kier molecular flexibility index (Phi) is 3.39. The Morgan fingerprint density at radius 1 is 1.25 bits per heavy atom. The van der Waals surface area contributed by atoms with Crippen molar-refractivity contribution in [3.05, 3.63) is 24.2 Å². The third kappa shape index (κ3) is 2.51. The van der Waals surface area contributed by atoms with Crippen LogP contribution in [0.1, 0.15) is 36.0 Å². The molecule has 0 bridgehead atoms. The summed E-state index contributed by atoms with van der Waals surface area (Å²) < 4.78 is 4.82. The van der Waals surface area contributed by atoms with E-state index in [2.05, 4.69) is 0 Å². The molecule has 1 aromatic heterocycles. The van der Waals surface area contributed by atoms with Gasteiger partial charge in [-0.05, 0) is 25.3 Å². The van der Waals surface area contributed by atoms with Crippen LogP contribution in [0.15, 0.2) is 23.0 Å². The van der Waals surface area contributed by atoms with Crippen LogP contribution in [-0.2, 0) is 4.79 Å². The van der Waals surface area contributed by atoms with E-state index in [1.165, 1.54) is 18.9 Å². The second-order valence-corrected chi connectivity index (χ2v) is 4.05. The van der Waals surface area contributed by atoms with E-state index in [0.29, 0.717) is 5.56 Å². The average molecular weight is 221 g/mol. The van der Waals surface area contributed by atoms with Crippen LogP contribution in [0.5, 0.6) is 0 Å². The molecule has 0 unspecified atom stereocenters. The Labute approximate surface area is 94.2 Å². The molecule has 1 aliphatic heterocycles. The second kappa shape index (κ2) is 4.96. The van der Waals surface area contributed by atoms with E-state index in [9.17, 15) is 9.59 Å². The number of piperidine rings is 1. The first kappa shape index (κ1) is 10.9. The number of likely N-dealkylation sites (tertiary alicyclic amines) is 1. The SMILES string of the molecule is O=C(CC(=O)N1CCCCC1)c1ccoc1. The summed E-state index contributed by atoms with van der Waals surface area (Å²) in [5, 5.41) is 0. The van der Waals surface area contributed by atoms with Crippen molar-refractivity contribution in [2.45, 2.75) is 25.7 Å². The molecule has 4 heteroatoms. The number of Topliss-reactive ketones (excluding diaryl/α,β-unsaturated/α-hetero) is 1. The number of carbonyl (C=O) groups excluding carboxylic acids is 2. The molecule has 86 valence electrons. The van der Waals surface area contributed by atoms with Gasteiger partial charge in [0.1, 0.15) is 6.26 Å². The normalized spacial score (nSPS) is 16.1. The van der Waals surface area contributed by atoms with Crippen LogP contribution in [0, 0.1) is 0 Å². The van der Waals surface area contributed by atoms with Crippen LogP contribution in [0.25, 0.3) is 0 Å². The van der Waals surface area contributed by atoms with Gasteiger partial charge in [-0.2, -0.15) is 0 Å². The van der Waals surface area contributed by atoms with Gasteiger partial charge in [-0.25, -0.2) is 0 Å². The monoisotopic (exact) mass is 221 g/mol. The molecule has 0 aliphatic carbocycles. The van der Waals surface area contributed by atoms with Gasteiger partial charge in [0.2, 0.25) is 5.91 Å². The summed E-state index contributed by atoms with van der Waals surface area (Å²) in [5.74, 6) is -0.227. The molecule has 2 heterocycles. The highest BCUT2D eigenvalue weighted by atomic mass is 16.3. The largest absolute Gasteiger partial charge is 0.472 e. The molecule has 1 amide bonds. The minimum absolute atomic E-state index is 0.0421. The van der Waals surface area contributed by atoms with E-state index in [-0.39, 0.29) is 18.1 Å². The van der Waals surface area contributed by atoms with Gasteiger partial charge in [0.25, 0.3) is 0 Å². The maximum absolute atomic E-state index is 11.8. The minimum Gasteiger partial charge on any atom is -0.472 e. The Morgan fingerprint density at radius 3 is 2.62 bits per heavy atom. The van der Waals surface area contributed by atoms with Gasteiger partial charge in [-0.3, -0.25) is 9.59 Å². The van der Waals surface area contributed by atoms with Gasteiger partial charge in [0.05, 0.1) is 18.2 Å². The molecular weight excluding hydrogens is 206 g/mol. The van der Waals surface area contributed by atoms with Crippen molar-refractivity contribution in [2.75, 3.05) is 13.1 Å². The highest BCUT2D eigenvalue weighted by Gasteiger charge is 2.20. The summed E-state index contributed by atoms with van der Waals surface area (Å²) in [5.41, 5.74) is 0.477. The van der Waals surface area contributed by atoms with E-state index >= 15 is 0 Å². The van der Waals surface area contributed by atoms with Gasteiger partial charge in [-0.15, -0.1) is 0 Å². The van der Waals surface area contributed by atoms with Gasteiger partial charge in [0, 0.05) is 13.1 Å². The number of rotatable bonds is 3. The number of ketones is 1. The summed E-state index contributed by atoms with van der Waals surface area (Å²) in [6.45, 7) is 1.58. The van der Waals surface area contributed by atoms with E-state index < -0.39 is 0 Å². The topological polar surface area (TPSA) is 50.5 Å². The van der Waals surface area contributed by atoms with Crippen molar-refractivity contribution in [1.29, 1.82) is 0 Å². The molecule has 1 saturated heterocycles. The predicted molar refractivity (Wildman–Crippen MR) is 58.1 cm³/mol. The molecule has 16 heavy (non-hydrogen) atoms. The summed E-state index contributed by atoms with van der Waals surface area (Å²) in [7, 11) is 0. The molecular formula is C12H15NO3. The maximum atomic E-state index is 11.8. The van der Waals surface area contributed by atoms with Gasteiger partial charge >= 0.3 is 0 Å². The molecule has 0 saturated carbocycles. The molecule has 0 spiro atoms. The minimum atomic E-state index is -0.163. The average Bonchev–Trinajstić information content (AvgIpc) is 2.83. The molecule has 0 N–H and O–H groups in total. The number of hydrogen-bond donors (Lipinski definition) is 0. The molecule has 4 nitrogen and oxygen atoms in total. The molecule has 0 aromatic carbocycles. The molecule has 1 aliphatic rings. The summed E-state index contributed by atoms with van der Waals surface area (Å²) in [6, 6.07) is 1.59. The van der Waals surface area contributed by atoms with Crippen LogP contribution >= 0.6 is 0 Å². The van der Waals surface area contributed by atoms with Gasteiger partial charge < -0.3 is 9.32 Å². The number of hydrogen-bond acceptors (Lipinski definition) is 3. The summed E-state index contributed by atoms with van der Waals surface area (Å²) in [4.78, 5) is 25.2. The van der Waals surface area contributed by atoms with Crippen molar-refractivity contribution in [3.8, 4) is 0 Å². The third-order valence-electron chi connectivity index (χ3n) is 2.86. The number of furan rings is 1. The zero-order valence-corrected chi connectivity index (χ0v) is 9.15. The first-order chi connectivity index (χ1) is 7.77. The smallest absolute Gasteiger partial charge is 0.230 e. The predicted octanol–water partition coefficient (Wildman–Crippen LogP) is 1.86. The lowest BCUT2D eigenvalue weighted by Crippen LogP contribution is -2.36. The first-order valence-electron chi connectivity index (χ1n) is 5.60. The molecule has 0 radical (unpaired) electrons. The summed E-state index contributed by atoms with van der Waals surface area (Å²) in [6.07, 6.45) is 6.06. The van der Waals surface area contributed by atoms with Crippen LogP contribution < -0.4 is 0 Å². The molecule has 1 aromatic rings. The van der Waals surface area contributed by atoms with Crippen molar-refractivity contribution >= 4 is 11.7 Å². The van der Waals surface area contributed by atoms with Crippen LogP contribution in [0.2, 0.25) is 0 Å². The van der Waals surface area contributed by atoms with E-state index in [0.717, 1.165) is 25.9 Å². The number of carbonyl (C=O) groups is 2. The molecule has 1 fully saturated rings. The fourth-order valence-electron chi connectivity index (χ4n) is 1.92. The zero-order chi connectivity index (χ0) is 11.4. The van der Waals surface area contributed by atoms with E-state index in [1.54, 1.807) is 11.0 Å². The lowest BCUT2D eigenvalue weighted by Gasteiger charge is -2.26. The van der Waals surface area contributed by atoms with Crippen molar-refractivity contribution < 1.29 is 14.0 Å². The van der Waals surface area contributed by atoms with Crippen LogP contribution in [0.4, 0.5) is 0 Å². The Bertz CT molecular complexity index is 364. The van der Waals surface area contributed by atoms with Gasteiger partial charge in [-0.1, -0.05) is 0 Å². The first-order valence-corrected chi connectivity index (χ1v) is 5.60. The maximum Gasteiger partial charge on any atom is 0.230 e.